The number of para-hydroxylation sites is 1. The molecule has 2 aromatic carbocycles. The van der Waals surface area contributed by atoms with Crippen LogP contribution in [0.2, 0.25) is 5.15 Å². The van der Waals surface area contributed by atoms with E-state index in [0.717, 1.165) is 0 Å². The van der Waals surface area contributed by atoms with Crippen LogP contribution < -0.4 is 10.2 Å². The molecular weight excluding hydrogens is 455 g/mol. The number of anilines is 2. The van der Waals surface area contributed by atoms with Crippen molar-refractivity contribution in [3.05, 3.63) is 76.3 Å². The predicted molar refractivity (Wildman–Crippen MR) is 120 cm³/mol. The fourth-order valence-electron chi connectivity index (χ4n) is 4.38. The van der Waals surface area contributed by atoms with E-state index in [2.05, 4.69) is 10.4 Å². The lowest BCUT2D eigenvalue weighted by Crippen LogP contribution is -2.43. The maximum atomic E-state index is 13.6. The summed E-state index contributed by atoms with van der Waals surface area (Å²) < 4.78 is 39.1. The Morgan fingerprint density at radius 1 is 1.16 bits per heavy atom. The first-order valence-corrected chi connectivity index (χ1v) is 12.3. The average molecular weight is 475 g/mol. The number of halogens is 2. The Morgan fingerprint density at radius 2 is 1.88 bits per heavy atom. The van der Waals surface area contributed by atoms with Crippen molar-refractivity contribution in [2.75, 3.05) is 21.7 Å². The third-order valence-electron chi connectivity index (χ3n) is 5.93. The monoisotopic (exact) mass is 474 g/mol. The van der Waals surface area contributed by atoms with Crippen LogP contribution in [-0.2, 0) is 9.84 Å². The minimum absolute atomic E-state index is 0.0190. The van der Waals surface area contributed by atoms with Gasteiger partial charge in [-0.3, -0.25) is 9.69 Å². The molecule has 10 heteroatoms. The highest BCUT2D eigenvalue weighted by molar-refractivity contribution is 7.91. The molecule has 3 aromatic rings. The minimum atomic E-state index is -3.13. The number of carbonyl (C=O) groups excluding carboxylic acids is 1. The molecule has 5 rings (SSSR count). The number of sulfone groups is 1. The Bertz CT molecular complexity index is 1320. The molecule has 2 atom stereocenters. The first-order chi connectivity index (χ1) is 15.2. The molecule has 2 aliphatic heterocycles. The summed E-state index contributed by atoms with van der Waals surface area (Å²) in [6.45, 7) is 1.77. The van der Waals surface area contributed by atoms with Crippen LogP contribution in [0.5, 0.6) is 0 Å². The number of hydrogen-bond donors (Lipinski definition) is 1. The van der Waals surface area contributed by atoms with Crippen LogP contribution >= 0.6 is 11.6 Å². The number of rotatable bonds is 3. The summed E-state index contributed by atoms with van der Waals surface area (Å²) in [6, 6.07) is 12.4. The van der Waals surface area contributed by atoms with E-state index in [-0.39, 0.29) is 28.6 Å². The second-order valence-corrected chi connectivity index (χ2v) is 10.6. The van der Waals surface area contributed by atoms with Gasteiger partial charge in [0.2, 0.25) is 0 Å². The number of hydrogen-bond acceptors (Lipinski definition) is 5. The van der Waals surface area contributed by atoms with E-state index in [1.54, 1.807) is 29.8 Å². The van der Waals surface area contributed by atoms with Gasteiger partial charge in [-0.2, -0.15) is 5.10 Å². The molecular formula is C22H20ClFN4O3S. The summed E-state index contributed by atoms with van der Waals surface area (Å²) in [5, 5.41) is 8.18. The fraction of sp³-hybridized carbons (Fsp3) is 0.273. The molecule has 0 spiro atoms. The Kier molecular flexibility index (Phi) is 4.98. The van der Waals surface area contributed by atoms with Crippen molar-refractivity contribution in [1.29, 1.82) is 0 Å². The second-order valence-electron chi connectivity index (χ2n) is 8.04. The van der Waals surface area contributed by atoms with Gasteiger partial charge in [0.15, 0.2) is 9.84 Å². The van der Waals surface area contributed by atoms with Crippen molar-refractivity contribution in [3.8, 4) is 0 Å². The van der Waals surface area contributed by atoms with Gasteiger partial charge < -0.3 is 5.32 Å². The van der Waals surface area contributed by atoms with Gasteiger partial charge in [-0.15, -0.1) is 0 Å². The van der Waals surface area contributed by atoms with E-state index in [9.17, 15) is 17.6 Å². The number of nitrogens with zero attached hydrogens (tertiary/aromatic N) is 3. The zero-order chi connectivity index (χ0) is 22.6. The molecule has 166 valence electrons. The molecule has 1 saturated heterocycles. The quantitative estimate of drug-likeness (QED) is 0.617. The van der Waals surface area contributed by atoms with E-state index in [1.807, 2.05) is 6.07 Å². The van der Waals surface area contributed by atoms with E-state index in [4.69, 9.17) is 11.6 Å². The zero-order valence-electron chi connectivity index (χ0n) is 17.1. The zero-order valence-corrected chi connectivity index (χ0v) is 18.7. The van der Waals surface area contributed by atoms with Crippen LogP contribution in [-0.4, -0.2) is 35.6 Å². The lowest BCUT2D eigenvalue weighted by molar-refractivity contribution is 0.0975. The molecule has 1 amide bonds. The summed E-state index contributed by atoms with van der Waals surface area (Å²) in [5.41, 5.74) is 2.78. The van der Waals surface area contributed by atoms with Crippen LogP contribution in [0.1, 0.15) is 40.2 Å². The van der Waals surface area contributed by atoms with Crippen molar-refractivity contribution in [2.45, 2.75) is 25.6 Å². The Hall–Kier alpha value is -2.91. The number of aromatic nitrogens is 2. The molecule has 0 bridgehead atoms. The molecule has 1 aromatic heterocycles. The molecule has 2 unspecified atom stereocenters. The van der Waals surface area contributed by atoms with Gasteiger partial charge in [-0.25, -0.2) is 17.5 Å². The number of benzene rings is 2. The van der Waals surface area contributed by atoms with Gasteiger partial charge in [0.25, 0.3) is 5.91 Å². The van der Waals surface area contributed by atoms with Crippen molar-refractivity contribution >= 4 is 38.7 Å². The summed E-state index contributed by atoms with van der Waals surface area (Å²) >= 11 is 6.76. The standard InChI is InChI=1S/C22H20ClFN4O3S/c1-13-19(20(23)28(26-13)16-10-11-32(30,31)12-16)21-25-18-5-3-2-4-17(18)22(29)27(21)15-8-6-14(24)7-9-15/h2-9,16,21,25H,10-12H2,1H3. The predicted octanol–water partition coefficient (Wildman–Crippen LogP) is 4.11. The number of aryl methyl sites for hydroxylation is 1. The minimum Gasteiger partial charge on any atom is -0.360 e. The third-order valence-corrected chi connectivity index (χ3v) is 8.06. The van der Waals surface area contributed by atoms with Gasteiger partial charge in [0.05, 0.1) is 34.4 Å². The SMILES string of the molecule is Cc1nn(C2CCS(=O)(=O)C2)c(Cl)c1C1Nc2ccccc2C(=O)N1c1ccc(F)cc1. The maximum Gasteiger partial charge on any atom is 0.262 e. The first-order valence-electron chi connectivity index (χ1n) is 10.1. The highest BCUT2D eigenvalue weighted by Crippen LogP contribution is 2.41. The van der Waals surface area contributed by atoms with E-state index < -0.39 is 21.8 Å². The van der Waals surface area contributed by atoms with Crippen LogP contribution in [0, 0.1) is 12.7 Å². The topological polar surface area (TPSA) is 84.3 Å². The lowest BCUT2D eigenvalue weighted by Gasteiger charge is -2.38. The molecule has 2 aliphatic rings. The van der Waals surface area contributed by atoms with Gasteiger partial charge in [0, 0.05) is 11.4 Å². The van der Waals surface area contributed by atoms with E-state index in [1.165, 1.54) is 29.2 Å². The molecule has 7 nitrogen and oxygen atoms in total. The summed E-state index contributed by atoms with van der Waals surface area (Å²) in [7, 11) is -3.13. The fourth-order valence-corrected chi connectivity index (χ4v) is 6.48. The number of amides is 1. The van der Waals surface area contributed by atoms with Crippen molar-refractivity contribution in [2.24, 2.45) is 0 Å². The van der Waals surface area contributed by atoms with Gasteiger partial charge >= 0.3 is 0 Å². The third kappa shape index (κ3) is 3.45. The van der Waals surface area contributed by atoms with E-state index in [0.29, 0.717) is 34.6 Å². The Balaban J connectivity index is 1.64. The average Bonchev–Trinajstić information content (AvgIpc) is 3.26. The smallest absolute Gasteiger partial charge is 0.262 e. The van der Waals surface area contributed by atoms with Crippen molar-refractivity contribution in [3.63, 3.8) is 0 Å². The molecule has 0 aliphatic carbocycles. The maximum absolute atomic E-state index is 13.6. The number of carbonyl (C=O) groups is 1. The number of nitrogens with one attached hydrogen (secondary N) is 1. The Labute approximate surface area is 189 Å². The van der Waals surface area contributed by atoms with Crippen molar-refractivity contribution in [1.82, 2.24) is 9.78 Å². The molecule has 0 saturated carbocycles. The van der Waals surface area contributed by atoms with Gasteiger partial charge in [0.1, 0.15) is 17.1 Å². The summed E-state index contributed by atoms with van der Waals surface area (Å²) in [5.74, 6) is -0.595. The lowest BCUT2D eigenvalue weighted by atomic mass is 10.0. The molecule has 1 fully saturated rings. The molecule has 1 N–H and O–H groups in total. The van der Waals surface area contributed by atoms with Gasteiger partial charge in [-0.1, -0.05) is 23.7 Å². The highest BCUT2D eigenvalue weighted by Gasteiger charge is 2.39. The van der Waals surface area contributed by atoms with E-state index >= 15 is 0 Å². The van der Waals surface area contributed by atoms with Crippen LogP contribution in [0.15, 0.2) is 48.5 Å². The van der Waals surface area contributed by atoms with Crippen LogP contribution in [0.3, 0.4) is 0 Å². The molecule has 0 radical (unpaired) electrons. The van der Waals surface area contributed by atoms with Crippen LogP contribution in [0.25, 0.3) is 0 Å². The van der Waals surface area contributed by atoms with Gasteiger partial charge in [-0.05, 0) is 49.7 Å². The second kappa shape index (κ2) is 7.60. The van der Waals surface area contributed by atoms with Crippen LogP contribution in [0.4, 0.5) is 15.8 Å². The normalized spacial score (nSPS) is 22.0. The summed E-state index contributed by atoms with van der Waals surface area (Å²) in [6.07, 6.45) is -0.272. The first kappa shape index (κ1) is 21.0. The molecule has 32 heavy (non-hydrogen) atoms. The van der Waals surface area contributed by atoms with Crippen molar-refractivity contribution < 1.29 is 17.6 Å². The largest absolute Gasteiger partial charge is 0.360 e. The molecule has 3 heterocycles. The summed E-state index contributed by atoms with van der Waals surface area (Å²) in [4.78, 5) is 15.0. The number of fused-ring (bicyclic) bond motifs is 1. The Morgan fingerprint density at radius 3 is 2.56 bits per heavy atom. The highest BCUT2D eigenvalue weighted by atomic mass is 35.5.